The summed E-state index contributed by atoms with van der Waals surface area (Å²) in [6.45, 7) is 13.8. The van der Waals surface area contributed by atoms with E-state index in [1.807, 2.05) is 19.9 Å². The van der Waals surface area contributed by atoms with E-state index >= 15 is 0 Å². The van der Waals surface area contributed by atoms with Crippen LogP contribution in [0.25, 0.3) is 0 Å². The monoisotopic (exact) mass is 372 g/mol. The van der Waals surface area contributed by atoms with Crippen LogP contribution in [-0.4, -0.2) is 31.3 Å². The number of guanidine groups is 1. The average molecular weight is 373 g/mol. The molecule has 1 aromatic carbocycles. The molecule has 2 aromatic rings. The Balaban J connectivity index is 2.15. The fraction of sp³-hybridized carbons (Fsp3) is 0.524. The molecule has 2 unspecified atom stereocenters. The van der Waals surface area contributed by atoms with Gasteiger partial charge in [-0.15, -0.1) is 0 Å². The second kappa shape index (κ2) is 9.44. The zero-order valence-electron chi connectivity index (χ0n) is 17.5. The molecule has 0 spiro atoms. The van der Waals surface area contributed by atoms with Crippen molar-refractivity contribution in [3.05, 3.63) is 46.3 Å². The smallest absolute Gasteiger partial charge is 0.191 e. The zero-order valence-corrected chi connectivity index (χ0v) is 17.5. The van der Waals surface area contributed by atoms with E-state index in [0.717, 1.165) is 40.8 Å². The fourth-order valence-corrected chi connectivity index (χ4v) is 3.31. The Bertz CT molecular complexity index is 763. The number of hydrogen-bond acceptors (Lipinski definition) is 4. The van der Waals surface area contributed by atoms with Gasteiger partial charge in [0.25, 0.3) is 0 Å². The van der Waals surface area contributed by atoms with Crippen LogP contribution in [-0.2, 0) is 0 Å². The van der Waals surface area contributed by atoms with E-state index < -0.39 is 0 Å². The van der Waals surface area contributed by atoms with Gasteiger partial charge in [0.15, 0.2) is 5.96 Å². The summed E-state index contributed by atoms with van der Waals surface area (Å²) in [5.41, 5.74) is 4.39. The molecular formula is C21H32N4O2. The second-order valence-corrected chi connectivity index (χ2v) is 6.97. The first-order valence-corrected chi connectivity index (χ1v) is 9.49. The molecule has 0 fully saturated rings. The molecule has 0 radical (unpaired) electrons. The van der Waals surface area contributed by atoms with Crippen molar-refractivity contribution in [1.82, 2.24) is 15.8 Å². The highest BCUT2D eigenvalue weighted by Gasteiger charge is 2.17. The summed E-state index contributed by atoms with van der Waals surface area (Å²) in [4.78, 5) is 4.78. The van der Waals surface area contributed by atoms with E-state index in [0.29, 0.717) is 6.54 Å². The van der Waals surface area contributed by atoms with Crippen LogP contribution in [0.5, 0.6) is 5.75 Å². The molecule has 0 aliphatic rings. The van der Waals surface area contributed by atoms with Crippen LogP contribution in [0.3, 0.4) is 0 Å². The Morgan fingerprint density at radius 2 is 2.00 bits per heavy atom. The SMILES string of the molecule is CCNC(=NCC(C)c1c(C)noc1C)NC(C)c1cc(C)ccc1OC. The van der Waals surface area contributed by atoms with E-state index in [9.17, 15) is 0 Å². The van der Waals surface area contributed by atoms with Gasteiger partial charge < -0.3 is 19.9 Å². The predicted octanol–water partition coefficient (Wildman–Crippen LogP) is 4.03. The van der Waals surface area contributed by atoms with Crippen LogP contribution < -0.4 is 15.4 Å². The molecule has 148 valence electrons. The van der Waals surface area contributed by atoms with E-state index in [-0.39, 0.29) is 12.0 Å². The molecule has 2 rings (SSSR count). The van der Waals surface area contributed by atoms with Crippen LogP contribution >= 0.6 is 0 Å². The molecular weight excluding hydrogens is 340 g/mol. The van der Waals surface area contributed by atoms with Gasteiger partial charge in [-0.3, -0.25) is 4.99 Å². The third-order valence-corrected chi connectivity index (χ3v) is 4.65. The summed E-state index contributed by atoms with van der Waals surface area (Å²) in [5, 5.41) is 10.9. The van der Waals surface area contributed by atoms with Crippen molar-refractivity contribution in [3.63, 3.8) is 0 Å². The van der Waals surface area contributed by atoms with Crippen LogP contribution in [0.1, 0.15) is 60.9 Å². The molecule has 0 saturated heterocycles. The highest BCUT2D eigenvalue weighted by molar-refractivity contribution is 5.80. The largest absolute Gasteiger partial charge is 0.496 e. The van der Waals surface area contributed by atoms with Crippen LogP contribution in [0.4, 0.5) is 0 Å². The number of nitrogens with one attached hydrogen (secondary N) is 2. The van der Waals surface area contributed by atoms with Crippen molar-refractivity contribution in [2.75, 3.05) is 20.2 Å². The van der Waals surface area contributed by atoms with Crippen LogP contribution in [0.15, 0.2) is 27.7 Å². The Morgan fingerprint density at radius 1 is 1.26 bits per heavy atom. The molecule has 0 saturated carbocycles. The molecule has 0 bridgehead atoms. The minimum atomic E-state index is 0.0621. The van der Waals surface area contributed by atoms with E-state index in [4.69, 9.17) is 14.3 Å². The zero-order chi connectivity index (χ0) is 20.0. The normalized spacial score (nSPS) is 14.0. The number of methoxy groups -OCH3 is 1. The molecule has 2 atom stereocenters. The van der Waals surface area contributed by atoms with Gasteiger partial charge in [0.1, 0.15) is 11.5 Å². The molecule has 0 aliphatic carbocycles. The van der Waals surface area contributed by atoms with Crippen LogP contribution in [0.2, 0.25) is 0 Å². The first-order valence-electron chi connectivity index (χ1n) is 9.49. The minimum absolute atomic E-state index is 0.0621. The Labute approximate surface area is 162 Å². The number of ether oxygens (including phenoxy) is 1. The van der Waals surface area contributed by atoms with Crippen LogP contribution in [0, 0.1) is 20.8 Å². The summed E-state index contributed by atoms with van der Waals surface area (Å²) in [7, 11) is 1.70. The summed E-state index contributed by atoms with van der Waals surface area (Å²) < 4.78 is 10.8. The van der Waals surface area contributed by atoms with Crippen molar-refractivity contribution < 1.29 is 9.26 Å². The van der Waals surface area contributed by atoms with Crippen molar-refractivity contribution >= 4 is 5.96 Å². The maximum Gasteiger partial charge on any atom is 0.191 e. The fourth-order valence-electron chi connectivity index (χ4n) is 3.31. The Kier molecular flexibility index (Phi) is 7.28. The lowest BCUT2D eigenvalue weighted by atomic mass is 10.00. The Hall–Kier alpha value is -2.50. The number of benzene rings is 1. The third kappa shape index (κ3) is 5.25. The lowest BCUT2D eigenvalue weighted by molar-refractivity contribution is 0.391. The quantitative estimate of drug-likeness (QED) is 0.567. The summed E-state index contributed by atoms with van der Waals surface area (Å²) in [6, 6.07) is 6.27. The summed E-state index contributed by atoms with van der Waals surface area (Å²) in [6.07, 6.45) is 0. The highest BCUT2D eigenvalue weighted by Crippen LogP contribution is 2.26. The maximum absolute atomic E-state index is 5.52. The van der Waals surface area contributed by atoms with Crippen molar-refractivity contribution in [3.8, 4) is 5.75 Å². The molecule has 0 aliphatic heterocycles. The van der Waals surface area contributed by atoms with Gasteiger partial charge in [0.2, 0.25) is 0 Å². The van der Waals surface area contributed by atoms with Gasteiger partial charge in [-0.25, -0.2) is 0 Å². The second-order valence-electron chi connectivity index (χ2n) is 6.97. The first-order chi connectivity index (χ1) is 12.9. The maximum atomic E-state index is 5.52. The number of hydrogen-bond donors (Lipinski definition) is 2. The molecule has 27 heavy (non-hydrogen) atoms. The molecule has 6 heteroatoms. The average Bonchev–Trinajstić information content (AvgIpc) is 2.98. The van der Waals surface area contributed by atoms with Gasteiger partial charge in [0.05, 0.1) is 18.8 Å². The van der Waals surface area contributed by atoms with Gasteiger partial charge in [0, 0.05) is 30.1 Å². The summed E-state index contributed by atoms with van der Waals surface area (Å²) >= 11 is 0. The van der Waals surface area contributed by atoms with Gasteiger partial charge in [-0.05, 0) is 40.7 Å². The lowest BCUT2D eigenvalue weighted by Crippen LogP contribution is -2.39. The minimum Gasteiger partial charge on any atom is -0.496 e. The molecule has 1 aromatic heterocycles. The number of aliphatic imine (C=N–C) groups is 1. The van der Waals surface area contributed by atoms with Gasteiger partial charge in [-0.1, -0.05) is 29.8 Å². The number of rotatable bonds is 7. The van der Waals surface area contributed by atoms with Crippen molar-refractivity contribution in [2.45, 2.75) is 53.5 Å². The van der Waals surface area contributed by atoms with Gasteiger partial charge >= 0.3 is 0 Å². The first kappa shape index (κ1) is 20.8. The van der Waals surface area contributed by atoms with E-state index in [1.54, 1.807) is 7.11 Å². The molecule has 0 amide bonds. The Morgan fingerprint density at radius 3 is 2.59 bits per heavy atom. The number of aryl methyl sites for hydroxylation is 3. The number of nitrogens with zero attached hydrogens (tertiary/aromatic N) is 2. The highest BCUT2D eigenvalue weighted by atomic mass is 16.5. The third-order valence-electron chi connectivity index (χ3n) is 4.65. The molecule has 1 heterocycles. The number of aromatic nitrogens is 1. The predicted molar refractivity (Wildman–Crippen MR) is 110 cm³/mol. The van der Waals surface area contributed by atoms with E-state index in [1.165, 1.54) is 5.56 Å². The molecule has 2 N–H and O–H groups in total. The summed E-state index contributed by atoms with van der Waals surface area (Å²) in [5.74, 6) is 2.76. The standard InChI is InChI=1S/C21H32N4O2/c1-8-22-21(23-12-14(3)20-16(5)25-27-17(20)6)24-15(4)18-11-13(2)9-10-19(18)26-7/h9-11,14-15H,8,12H2,1-7H3,(H2,22,23,24). The molecule has 6 nitrogen and oxygen atoms in total. The van der Waals surface area contributed by atoms with Crippen molar-refractivity contribution in [2.24, 2.45) is 4.99 Å². The lowest BCUT2D eigenvalue weighted by Gasteiger charge is -2.21. The topological polar surface area (TPSA) is 71.7 Å². The van der Waals surface area contributed by atoms with Crippen molar-refractivity contribution in [1.29, 1.82) is 0 Å². The van der Waals surface area contributed by atoms with Gasteiger partial charge in [-0.2, -0.15) is 0 Å². The van der Waals surface area contributed by atoms with E-state index in [2.05, 4.69) is 55.6 Å².